The molecule has 0 unspecified atom stereocenters. The zero-order valence-electron chi connectivity index (χ0n) is 23.5. The number of amides is 2. The van der Waals surface area contributed by atoms with Crippen LogP contribution < -0.4 is 15.1 Å². The summed E-state index contributed by atoms with van der Waals surface area (Å²) in [6.45, 7) is 3.44. The molecule has 5 rings (SSSR count). The van der Waals surface area contributed by atoms with Crippen LogP contribution in [0.1, 0.15) is 50.3 Å². The molecule has 2 saturated heterocycles. The van der Waals surface area contributed by atoms with Gasteiger partial charge in [-0.2, -0.15) is 0 Å². The van der Waals surface area contributed by atoms with Gasteiger partial charge in [-0.15, -0.1) is 0 Å². The lowest BCUT2D eigenvalue weighted by molar-refractivity contribution is -0.384. The van der Waals surface area contributed by atoms with Crippen molar-refractivity contribution in [3.8, 4) is 0 Å². The number of benzene rings is 3. The van der Waals surface area contributed by atoms with E-state index in [2.05, 4.69) is 5.32 Å². The number of anilines is 3. The van der Waals surface area contributed by atoms with E-state index in [0.29, 0.717) is 48.8 Å². The summed E-state index contributed by atoms with van der Waals surface area (Å²) >= 11 is 0. The first-order chi connectivity index (χ1) is 20.4. The minimum Gasteiger partial charge on any atom is -0.465 e. The van der Waals surface area contributed by atoms with Gasteiger partial charge >= 0.3 is 5.97 Å². The summed E-state index contributed by atoms with van der Waals surface area (Å²) in [5.41, 5.74) is 2.44. The molecule has 0 saturated carbocycles. The third-order valence-electron chi connectivity index (χ3n) is 7.73. The van der Waals surface area contributed by atoms with Crippen molar-refractivity contribution in [2.24, 2.45) is 0 Å². The molecule has 0 spiro atoms. The topological polar surface area (TPSA) is 125 Å². The number of methoxy groups -OCH3 is 1. The molecule has 2 amide bonds. The second-order valence-electron chi connectivity index (χ2n) is 10.3. The number of nitrogens with zero attached hydrogens (tertiary/aromatic N) is 4. The fraction of sp³-hybridized carbons (Fsp3) is 0.323. The molecule has 2 aliphatic rings. The number of carbonyl (C=O) groups is 3. The van der Waals surface area contributed by atoms with Gasteiger partial charge in [0.2, 0.25) is 0 Å². The predicted octanol–water partition coefficient (Wildman–Crippen LogP) is 4.59. The third-order valence-corrected chi connectivity index (χ3v) is 7.73. The first kappa shape index (κ1) is 28.6. The number of rotatable bonds is 7. The maximum Gasteiger partial charge on any atom is 0.337 e. The van der Waals surface area contributed by atoms with Gasteiger partial charge in [0.15, 0.2) is 0 Å². The lowest BCUT2D eigenvalue weighted by Crippen LogP contribution is -2.49. The Kier molecular flexibility index (Phi) is 8.66. The third kappa shape index (κ3) is 6.19. The number of nitro benzene ring substituents is 1. The summed E-state index contributed by atoms with van der Waals surface area (Å²) in [6.07, 6.45) is 3.02. The van der Waals surface area contributed by atoms with E-state index < -0.39 is 16.8 Å². The lowest BCUT2D eigenvalue weighted by Gasteiger charge is -2.37. The van der Waals surface area contributed by atoms with E-state index in [9.17, 15) is 24.5 Å². The van der Waals surface area contributed by atoms with Crippen molar-refractivity contribution < 1.29 is 24.0 Å². The number of nitro groups is 1. The average Bonchev–Trinajstić information content (AvgIpc) is 3.04. The maximum absolute atomic E-state index is 13.4. The van der Waals surface area contributed by atoms with Gasteiger partial charge in [-0.1, -0.05) is 18.2 Å². The van der Waals surface area contributed by atoms with E-state index in [0.717, 1.165) is 32.4 Å². The van der Waals surface area contributed by atoms with Crippen LogP contribution in [0.5, 0.6) is 0 Å². The van der Waals surface area contributed by atoms with Gasteiger partial charge in [-0.25, -0.2) is 4.79 Å². The SMILES string of the molecule is COC(=O)c1ccc(N2CCN(C(=O)c3ccccc3)CC2)c(NC(=O)c2ccc(N3CCCCC3)c([N+](=O)[O-])c2)c1. The average molecular weight is 572 g/mol. The van der Waals surface area contributed by atoms with E-state index >= 15 is 0 Å². The molecule has 2 fully saturated rings. The van der Waals surface area contributed by atoms with Crippen LogP contribution in [0.3, 0.4) is 0 Å². The lowest BCUT2D eigenvalue weighted by atomic mass is 10.1. The highest BCUT2D eigenvalue weighted by Crippen LogP contribution is 2.33. The number of ether oxygens (including phenoxy) is 1. The van der Waals surface area contributed by atoms with Crippen LogP contribution in [0, 0.1) is 10.1 Å². The molecular weight excluding hydrogens is 538 g/mol. The molecule has 2 aliphatic heterocycles. The van der Waals surface area contributed by atoms with Crippen LogP contribution in [-0.4, -0.2) is 74.0 Å². The summed E-state index contributed by atoms with van der Waals surface area (Å²) in [4.78, 5) is 55.9. The number of piperidine rings is 1. The zero-order valence-corrected chi connectivity index (χ0v) is 23.5. The van der Waals surface area contributed by atoms with E-state index in [1.54, 1.807) is 41.3 Å². The maximum atomic E-state index is 13.4. The van der Waals surface area contributed by atoms with Crippen molar-refractivity contribution in [3.05, 3.63) is 93.5 Å². The van der Waals surface area contributed by atoms with Gasteiger partial charge in [0.05, 0.1) is 29.0 Å². The van der Waals surface area contributed by atoms with Gasteiger partial charge in [0.25, 0.3) is 17.5 Å². The van der Waals surface area contributed by atoms with Gasteiger partial charge in [0, 0.05) is 56.5 Å². The Morgan fingerprint density at radius 3 is 2.07 bits per heavy atom. The Morgan fingerprint density at radius 1 is 0.762 bits per heavy atom. The second-order valence-corrected chi connectivity index (χ2v) is 10.3. The summed E-state index contributed by atoms with van der Waals surface area (Å²) < 4.78 is 4.87. The fourth-order valence-electron chi connectivity index (χ4n) is 5.48. The molecular formula is C31H33N5O6. The zero-order chi connectivity index (χ0) is 29.6. The number of carbonyl (C=O) groups excluding carboxylic acids is 3. The normalized spacial score (nSPS) is 15.2. The molecule has 3 aromatic carbocycles. The van der Waals surface area contributed by atoms with Crippen molar-refractivity contribution >= 4 is 40.5 Å². The highest BCUT2D eigenvalue weighted by atomic mass is 16.6. The standard InChI is InChI=1S/C31H33N5O6/c1-42-31(39)24-11-12-26(34-16-18-35(19-17-34)30(38)22-8-4-2-5-9-22)25(20-24)32-29(37)23-10-13-27(28(21-23)36(40)41)33-14-6-3-7-15-33/h2,4-5,8-13,20-21H,3,6-7,14-19H2,1H3,(H,32,37). The molecule has 0 bridgehead atoms. The molecule has 218 valence electrons. The Balaban J connectivity index is 1.37. The number of nitrogens with one attached hydrogen (secondary N) is 1. The first-order valence-electron chi connectivity index (χ1n) is 14.0. The second kappa shape index (κ2) is 12.7. The van der Waals surface area contributed by atoms with Gasteiger partial charge in [-0.3, -0.25) is 19.7 Å². The van der Waals surface area contributed by atoms with Gasteiger partial charge < -0.3 is 24.8 Å². The monoisotopic (exact) mass is 571 g/mol. The van der Waals surface area contributed by atoms with Crippen LogP contribution in [0.15, 0.2) is 66.7 Å². The van der Waals surface area contributed by atoms with E-state index in [4.69, 9.17) is 4.74 Å². The van der Waals surface area contributed by atoms with Crippen molar-refractivity contribution in [1.29, 1.82) is 0 Å². The Morgan fingerprint density at radius 2 is 1.40 bits per heavy atom. The summed E-state index contributed by atoms with van der Waals surface area (Å²) in [5.74, 6) is -1.14. The first-order valence-corrected chi connectivity index (χ1v) is 14.0. The molecule has 2 heterocycles. The van der Waals surface area contributed by atoms with Gasteiger partial charge in [0.1, 0.15) is 5.69 Å². The minimum atomic E-state index is -0.558. The Hall–Kier alpha value is -4.93. The summed E-state index contributed by atoms with van der Waals surface area (Å²) in [7, 11) is 1.28. The summed E-state index contributed by atoms with van der Waals surface area (Å²) in [5, 5.41) is 14.8. The van der Waals surface area contributed by atoms with Crippen LogP contribution in [0.25, 0.3) is 0 Å². The number of esters is 1. The van der Waals surface area contributed by atoms with Crippen LogP contribution in [0.2, 0.25) is 0 Å². The molecule has 42 heavy (non-hydrogen) atoms. The quantitative estimate of drug-likeness (QED) is 0.248. The highest BCUT2D eigenvalue weighted by Gasteiger charge is 2.26. The number of piperazine rings is 1. The largest absolute Gasteiger partial charge is 0.465 e. The molecule has 0 atom stereocenters. The van der Waals surface area contributed by atoms with Gasteiger partial charge in [-0.05, 0) is 61.7 Å². The summed E-state index contributed by atoms with van der Waals surface area (Å²) in [6, 6.07) is 18.5. The van der Waals surface area contributed by atoms with Crippen molar-refractivity contribution in [1.82, 2.24) is 4.90 Å². The predicted molar refractivity (Wildman–Crippen MR) is 159 cm³/mol. The Bertz CT molecular complexity index is 1480. The van der Waals surface area contributed by atoms with E-state index in [-0.39, 0.29) is 22.7 Å². The minimum absolute atomic E-state index is 0.0422. The smallest absolute Gasteiger partial charge is 0.337 e. The molecule has 11 heteroatoms. The fourth-order valence-corrected chi connectivity index (χ4v) is 5.48. The molecule has 11 nitrogen and oxygen atoms in total. The Labute approximate surface area is 243 Å². The van der Waals surface area contributed by atoms with E-state index in [1.807, 2.05) is 28.0 Å². The molecule has 0 aliphatic carbocycles. The van der Waals surface area contributed by atoms with Crippen LogP contribution >= 0.6 is 0 Å². The van der Waals surface area contributed by atoms with Crippen molar-refractivity contribution in [3.63, 3.8) is 0 Å². The van der Waals surface area contributed by atoms with Crippen molar-refractivity contribution in [2.45, 2.75) is 19.3 Å². The molecule has 0 radical (unpaired) electrons. The molecule has 1 N–H and O–H groups in total. The van der Waals surface area contributed by atoms with Crippen LogP contribution in [-0.2, 0) is 4.74 Å². The number of hydrogen-bond acceptors (Lipinski definition) is 8. The number of hydrogen-bond donors (Lipinski definition) is 1. The molecule has 3 aromatic rings. The van der Waals surface area contributed by atoms with Crippen LogP contribution in [0.4, 0.5) is 22.7 Å². The van der Waals surface area contributed by atoms with E-state index in [1.165, 1.54) is 19.2 Å². The van der Waals surface area contributed by atoms with Crippen molar-refractivity contribution in [2.75, 3.05) is 61.5 Å². The highest BCUT2D eigenvalue weighted by molar-refractivity contribution is 6.07. The molecule has 0 aromatic heterocycles.